The van der Waals surface area contributed by atoms with Crippen LogP contribution in [0.5, 0.6) is 0 Å². The normalized spacial score (nSPS) is 26.9. The molecule has 1 amide bonds. The van der Waals surface area contributed by atoms with Gasteiger partial charge < -0.3 is 14.8 Å². The number of carbonyl (C=O) groups excluding carboxylic acids is 1. The van der Waals surface area contributed by atoms with E-state index in [9.17, 15) is 9.18 Å². The predicted molar refractivity (Wildman–Crippen MR) is 107 cm³/mol. The third-order valence-corrected chi connectivity index (χ3v) is 6.26. The van der Waals surface area contributed by atoms with Crippen LogP contribution in [0, 0.1) is 11.7 Å². The number of rotatable bonds is 3. The number of benzene rings is 2. The van der Waals surface area contributed by atoms with Gasteiger partial charge >= 0.3 is 0 Å². The molecule has 0 aromatic heterocycles. The molecular weight excluding hydrogens is 379 g/mol. The average Bonchev–Trinajstić information content (AvgIpc) is 2.73. The Morgan fingerprint density at radius 2 is 2.00 bits per heavy atom. The number of methoxy groups -OCH3 is 1. The first-order valence-corrected chi connectivity index (χ1v) is 10.1. The van der Waals surface area contributed by atoms with Crippen molar-refractivity contribution in [2.45, 2.75) is 11.6 Å². The molecule has 1 saturated heterocycles. The summed E-state index contributed by atoms with van der Waals surface area (Å²) < 4.78 is 26.2. The van der Waals surface area contributed by atoms with Gasteiger partial charge in [-0.3, -0.25) is 4.79 Å². The van der Waals surface area contributed by atoms with Gasteiger partial charge in [-0.05, 0) is 18.2 Å². The zero-order chi connectivity index (χ0) is 19.6. The first-order chi connectivity index (χ1) is 13.6. The highest BCUT2D eigenvalue weighted by molar-refractivity contribution is 8.13. The zero-order valence-corrected chi connectivity index (χ0v) is 16.2. The fourth-order valence-electron chi connectivity index (χ4n) is 3.81. The van der Waals surface area contributed by atoms with Gasteiger partial charge in [-0.2, -0.15) is 0 Å². The standard InChI is InChI=1S/C21H21FN2O3S/c1-26-18-11-27-13-21(15-9-5-6-10-17(15)22)16(18)12-28-20(24-21)23-19(25)14-7-3-2-4-8-14/h2-10,16,18H,11-13H2,1H3,(H,23,24,25)/t16-,18+,21-/m1/s1. The smallest absolute Gasteiger partial charge is 0.257 e. The van der Waals surface area contributed by atoms with Crippen LogP contribution in [0.1, 0.15) is 15.9 Å². The van der Waals surface area contributed by atoms with Gasteiger partial charge in [0.2, 0.25) is 0 Å². The SMILES string of the molecule is CO[C@H]1COC[C@]2(c3ccccc3F)N=C(NC(=O)c3ccccc3)SC[C@H]12. The number of thioether (sulfide) groups is 1. The maximum Gasteiger partial charge on any atom is 0.257 e. The molecule has 2 aromatic carbocycles. The van der Waals surface area contributed by atoms with Crippen LogP contribution in [0.4, 0.5) is 4.39 Å². The fourth-order valence-corrected chi connectivity index (χ4v) is 5.03. The second-order valence-electron chi connectivity index (χ2n) is 6.85. The Kier molecular flexibility index (Phi) is 5.48. The van der Waals surface area contributed by atoms with Crippen molar-refractivity contribution in [1.82, 2.24) is 5.32 Å². The summed E-state index contributed by atoms with van der Waals surface area (Å²) in [5, 5.41) is 3.34. The van der Waals surface area contributed by atoms with Gasteiger partial charge in [0.1, 0.15) is 11.4 Å². The van der Waals surface area contributed by atoms with Crippen molar-refractivity contribution in [3.8, 4) is 0 Å². The highest BCUT2D eigenvalue weighted by Crippen LogP contribution is 2.46. The summed E-state index contributed by atoms with van der Waals surface area (Å²) in [6.45, 7) is 0.683. The number of aliphatic imine (C=N–C) groups is 1. The van der Waals surface area contributed by atoms with Crippen LogP contribution < -0.4 is 5.32 Å². The molecule has 4 rings (SSSR count). The van der Waals surface area contributed by atoms with Gasteiger partial charge in [0, 0.05) is 29.9 Å². The number of amidine groups is 1. The Bertz CT molecular complexity index is 892. The van der Waals surface area contributed by atoms with E-state index in [1.807, 2.05) is 6.07 Å². The van der Waals surface area contributed by atoms with Gasteiger partial charge in [-0.15, -0.1) is 0 Å². The summed E-state index contributed by atoms with van der Waals surface area (Å²) in [6.07, 6.45) is -0.198. The van der Waals surface area contributed by atoms with E-state index in [0.717, 1.165) is 0 Å². The Morgan fingerprint density at radius 3 is 2.75 bits per heavy atom. The fraction of sp³-hybridized carbons (Fsp3) is 0.333. The number of hydrogen-bond acceptors (Lipinski definition) is 5. The van der Waals surface area contributed by atoms with Gasteiger partial charge in [-0.25, -0.2) is 9.38 Å². The van der Waals surface area contributed by atoms with Crippen LogP contribution in [-0.4, -0.2) is 43.3 Å². The number of nitrogens with zero attached hydrogens (tertiary/aromatic N) is 1. The monoisotopic (exact) mass is 400 g/mol. The molecule has 2 aliphatic rings. The molecule has 1 fully saturated rings. The van der Waals surface area contributed by atoms with Crippen molar-refractivity contribution in [3.05, 3.63) is 71.5 Å². The lowest BCUT2D eigenvalue weighted by Gasteiger charge is -2.47. The first-order valence-electron chi connectivity index (χ1n) is 9.08. The molecule has 0 radical (unpaired) electrons. The highest BCUT2D eigenvalue weighted by atomic mass is 32.2. The van der Waals surface area contributed by atoms with Crippen molar-refractivity contribution < 1.29 is 18.7 Å². The second-order valence-corrected chi connectivity index (χ2v) is 7.86. The van der Waals surface area contributed by atoms with E-state index in [-0.39, 0.29) is 30.4 Å². The number of fused-ring (bicyclic) bond motifs is 1. The largest absolute Gasteiger partial charge is 0.379 e. The van der Waals surface area contributed by atoms with Gasteiger partial charge in [0.15, 0.2) is 5.17 Å². The van der Waals surface area contributed by atoms with Gasteiger partial charge in [-0.1, -0.05) is 48.2 Å². The molecule has 2 aromatic rings. The van der Waals surface area contributed by atoms with E-state index in [0.29, 0.717) is 28.7 Å². The lowest BCUT2D eigenvalue weighted by atomic mass is 9.75. The molecule has 5 nitrogen and oxygen atoms in total. The highest BCUT2D eigenvalue weighted by Gasteiger charge is 2.51. The number of ether oxygens (including phenoxy) is 2. The number of amides is 1. The first kappa shape index (κ1) is 19.1. The third kappa shape index (κ3) is 3.45. The number of carbonyl (C=O) groups is 1. The minimum absolute atomic E-state index is 0.0643. The minimum atomic E-state index is -0.936. The zero-order valence-electron chi connectivity index (χ0n) is 15.4. The maximum atomic E-state index is 14.8. The van der Waals surface area contributed by atoms with Crippen LogP contribution in [-0.2, 0) is 15.0 Å². The van der Waals surface area contributed by atoms with Crippen molar-refractivity contribution in [2.75, 3.05) is 26.1 Å². The Hall–Kier alpha value is -2.22. The quantitative estimate of drug-likeness (QED) is 0.860. The molecule has 1 N–H and O–H groups in total. The molecule has 2 heterocycles. The summed E-state index contributed by atoms with van der Waals surface area (Å²) in [7, 11) is 1.63. The lowest BCUT2D eigenvalue weighted by molar-refractivity contribution is -0.102. The van der Waals surface area contributed by atoms with Gasteiger partial charge in [0.05, 0.1) is 19.3 Å². The van der Waals surface area contributed by atoms with E-state index < -0.39 is 5.54 Å². The van der Waals surface area contributed by atoms with E-state index in [1.54, 1.807) is 49.6 Å². The molecule has 2 aliphatic heterocycles. The molecule has 0 saturated carbocycles. The number of hydrogen-bond donors (Lipinski definition) is 1. The Morgan fingerprint density at radius 1 is 1.25 bits per heavy atom. The summed E-state index contributed by atoms with van der Waals surface area (Å²) in [5.74, 6) is 0.00108. The molecular formula is C21H21FN2O3S. The van der Waals surface area contributed by atoms with E-state index in [2.05, 4.69) is 5.32 Å². The molecule has 0 spiro atoms. The van der Waals surface area contributed by atoms with Crippen LogP contribution in [0.25, 0.3) is 0 Å². The van der Waals surface area contributed by atoms with Crippen molar-refractivity contribution in [2.24, 2.45) is 10.9 Å². The van der Waals surface area contributed by atoms with Crippen molar-refractivity contribution in [1.29, 1.82) is 0 Å². The molecule has 7 heteroatoms. The summed E-state index contributed by atoms with van der Waals surface area (Å²) in [5.41, 5.74) is 0.0745. The second kappa shape index (κ2) is 8.03. The van der Waals surface area contributed by atoms with Crippen molar-refractivity contribution >= 4 is 22.8 Å². The van der Waals surface area contributed by atoms with Crippen LogP contribution in [0.2, 0.25) is 0 Å². The summed E-state index contributed by atoms with van der Waals surface area (Å²) in [6, 6.07) is 15.6. The van der Waals surface area contributed by atoms with E-state index >= 15 is 0 Å². The lowest BCUT2D eigenvalue weighted by Crippen LogP contribution is -2.55. The molecule has 0 aliphatic carbocycles. The van der Waals surface area contributed by atoms with Crippen LogP contribution in [0.3, 0.4) is 0 Å². The predicted octanol–water partition coefficient (Wildman–Crippen LogP) is 3.22. The third-order valence-electron chi connectivity index (χ3n) is 5.27. The molecule has 0 unspecified atom stereocenters. The topological polar surface area (TPSA) is 59.9 Å². The van der Waals surface area contributed by atoms with Crippen molar-refractivity contribution in [3.63, 3.8) is 0 Å². The van der Waals surface area contributed by atoms with E-state index in [1.165, 1.54) is 17.8 Å². The average molecular weight is 400 g/mol. The Labute approximate surface area is 167 Å². The minimum Gasteiger partial charge on any atom is -0.379 e. The molecule has 146 valence electrons. The van der Waals surface area contributed by atoms with Gasteiger partial charge in [0.25, 0.3) is 5.91 Å². The Balaban J connectivity index is 1.72. The molecule has 28 heavy (non-hydrogen) atoms. The number of nitrogens with one attached hydrogen (secondary N) is 1. The van der Waals surface area contributed by atoms with Crippen LogP contribution >= 0.6 is 11.8 Å². The summed E-state index contributed by atoms with van der Waals surface area (Å²) >= 11 is 1.45. The number of halogens is 1. The van der Waals surface area contributed by atoms with Crippen LogP contribution in [0.15, 0.2) is 59.6 Å². The van der Waals surface area contributed by atoms with E-state index in [4.69, 9.17) is 14.5 Å². The summed E-state index contributed by atoms with van der Waals surface area (Å²) in [4.78, 5) is 17.4. The molecule has 3 atom stereocenters. The molecule has 0 bridgehead atoms. The maximum absolute atomic E-state index is 14.8.